The highest BCUT2D eigenvalue weighted by atomic mass is 29.3. The quantitative estimate of drug-likeness (QED) is 0.716. The van der Waals surface area contributed by atoms with Crippen molar-refractivity contribution in [2.45, 2.75) is 51.9 Å². The lowest BCUT2D eigenvalue weighted by Gasteiger charge is -2.48. The Hall–Kier alpha value is -1.13. The van der Waals surface area contributed by atoms with Gasteiger partial charge in [-0.05, 0) is 13.8 Å². The van der Waals surface area contributed by atoms with E-state index in [4.69, 9.17) is 0 Å². The summed E-state index contributed by atoms with van der Waals surface area (Å²) in [5.41, 5.74) is 2.77. The summed E-state index contributed by atoms with van der Waals surface area (Å²) in [5.74, 6) is 0. The average Bonchev–Trinajstić information content (AvgIpc) is 2.51. The smallest absolute Gasteiger partial charge is 0.0669 e. The summed E-state index contributed by atoms with van der Waals surface area (Å²) in [6.45, 7) is 9.77. The summed E-state index contributed by atoms with van der Waals surface area (Å²) < 4.78 is 0. The summed E-state index contributed by atoms with van der Waals surface area (Å²) in [4.78, 5) is 0. The second-order valence-corrected chi connectivity index (χ2v) is 21.7. The van der Waals surface area contributed by atoms with E-state index in [1.165, 1.54) is 36.1 Å². The summed E-state index contributed by atoms with van der Waals surface area (Å²) in [5, 5.41) is 3.40. The number of rotatable bonds is 2. The fraction of sp³-hybridized carbons (Fsp3) is 0.400. The number of hydrogen-bond donors (Lipinski definition) is 0. The Morgan fingerprint density at radius 1 is 0.591 bits per heavy atom. The summed E-state index contributed by atoms with van der Waals surface area (Å²) in [6.07, 6.45) is 2.87. The minimum absolute atomic E-state index is 1.39. The van der Waals surface area contributed by atoms with E-state index in [0.29, 0.717) is 0 Å². The van der Waals surface area contributed by atoms with Crippen LogP contribution in [0.3, 0.4) is 0 Å². The van der Waals surface area contributed by atoms with Gasteiger partial charge in [0.2, 0.25) is 0 Å². The molecule has 0 amide bonds. The van der Waals surface area contributed by atoms with Gasteiger partial charge in [-0.25, -0.2) is 0 Å². The van der Waals surface area contributed by atoms with Crippen LogP contribution in [-0.4, -0.2) is 15.2 Å². The summed E-state index contributed by atoms with van der Waals surface area (Å²) >= 11 is 0. The molecule has 3 rings (SSSR count). The van der Waals surface area contributed by atoms with Crippen LogP contribution >= 0.6 is 0 Å². The zero-order valence-corrected chi connectivity index (χ0v) is 16.4. The second-order valence-electron chi connectivity index (χ2n) is 7.60. The van der Waals surface area contributed by atoms with Crippen LogP contribution < -0.4 is 10.4 Å². The van der Waals surface area contributed by atoms with Crippen LogP contribution in [0.2, 0.25) is 25.2 Å². The Morgan fingerprint density at radius 2 is 0.909 bits per heavy atom. The molecule has 0 unspecified atom stereocenters. The lowest BCUT2D eigenvalue weighted by atomic mass is 10.2. The molecule has 0 radical (unpaired) electrons. The van der Waals surface area contributed by atoms with Gasteiger partial charge in [0.15, 0.2) is 0 Å². The highest BCUT2D eigenvalue weighted by Gasteiger charge is 2.51. The van der Waals surface area contributed by atoms with E-state index in [9.17, 15) is 0 Å². The molecule has 0 bridgehead atoms. The minimum atomic E-state index is -1.41. The van der Waals surface area contributed by atoms with Gasteiger partial charge in [0.1, 0.15) is 0 Å². The molecule has 0 saturated carbocycles. The highest BCUT2D eigenvalue weighted by Crippen LogP contribution is 2.35. The first kappa shape index (κ1) is 15.8. The van der Waals surface area contributed by atoms with Crippen molar-refractivity contribution in [3.8, 4) is 0 Å². The zero-order chi connectivity index (χ0) is 15.8. The van der Waals surface area contributed by atoms with Gasteiger partial charge in [-0.15, -0.1) is 0 Å². The van der Waals surface area contributed by atoms with Crippen LogP contribution in [0.15, 0.2) is 48.5 Å². The minimum Gasteiger partial charge on any atom is -0.0669 e. The van der Waals surface area contributed by atoms with Gasteiger partial charge in [0, 0.05) is 0 Å². The van der Waals surface area contributed by atoms with Gasteiger partial charge in [0.25, 0.3) is 0 Å². The van der Waals surface area contributed by atoms with E-state index >= 15 is 0 Å². The van der Waals surface area contributed by atoms with Crippen molar-refractivity contribution < 1.29 is 0 Å². The molecule has 116 valence electrons. The first-order valence-electron chi connectivity index (χ1n) is 8.60. The zero-order valence-electron chi connectivity index (χ0n) is 14.4. The standard InChI is InChI=1S/C20H28Si2/c1-17-7-11-19(12-8-17)21(3)15-5-6-16-22(21,4)20-13-9-18(2)10-14-20/h7-14H,5-6,15-16H2,1-4H3/t21-,22-/m1/s1. The van der Waals surface area contributed by atoms with E-state index < -0.39 is 15.2 Å². The monoisotopic (exact) mass is 324 g/mol. The molecule has 0 aliphatic carbocycles. The van der Waals surface area contributed by atoms with Crippen LogP contribution in [-0.2, 0) is 0 Å². The molecule has 2 atom stereocenters. The lowest BCUT2D eigenvalue weighted by molar-refractivity contribution is 0.844. The molecule has 2 aromatic rings. The Balaban J connectivity index is 2.10. The Labute approximate surface area is 137 Å². The van der Waals surface area contributed by atoms with E-state index in [0.717, 1.165) is 0 Å². The van der Waals surface area contributed by atoms with Crippen molar-refractivity contribution in [3.63, 3.8) is 0 Å². The molecule has 1 aliphatic rings. The molecule has 1 saturated heterocycles. The van der Waals surface area contributed by atoms with Crippen molar-refractivity contribution in [2.24, 2.45) is 0 Å². The topological polar surface area (TPSA) is 0 Å². The third-order valence-electron chi connectivity index (χ3n) is 6.20. The van der Waals surface area contributed by atoms with Crippen LogP contribution in [0.1, 0.15) is 24.0 Å². The van der Waals surface area contributed by atoms with Crippen LogP contribution in [0.5, 0.6) is 0 Å². The SMILES string of the molecule is Cc1ccc([Si@@]2(C)CCCC[Si@]2(C)c2ccc(C)cc2)cc1. The molecule has 0 spiro atoms. The van der Waals surface area contributed by atoms with Gasteiger partial charge in [0.05, 0.1) is 15.2 Å². The largest absolute Gasteiger partial charge is 0.0824 e. The van der Waals surface area contributed by atoms with E-state index in [-0.39, 0.29) is 0 Å². The van der Waals surface area contributed by atoms with Gasteiger partial charge < -0.3 is 0 Å². The molecule has 0 N–H and O–H groups in total. The summed E-state index contributed by atoms with van der Waals surface area (Å²) in [6, 6.07) is 22.1. The molecule has 0 nitrogen and oxygen atoms in total. The molecule has 22 heavy (non-hydrogen) atoms. The van der Waals surface area contributed by atoms with Crippen molar-refractivity contribution in [1.82, 2.24) is 0 Å². The van der Waals surface area contributed by atoms with Gasteiger partial charge in [-0.3, -0.25) is 0 Å². The second kappa shape index (κ2) is 5.82. The maximum atomic E-state index is 2.68. The number of aryl methyl sites for hydroxylation is 2. The maximum absolute atomic E-state index is 2.68. The summed E-state index contributed by atoms with van der Waals surface area (Å²) in [7, 11) is -2.82. The van der Waals surface area contributed by atoms with Gasteiger partial charge >= 0.3 is 0 Å². The van der Waals surface area contributed by atoms with Crippen LogP contribution in [0, 0.1) is 13.8 Å². The predicted molar refractivity (Wildman–Crippen MR) is 104 cm³/mol. The van der Waals surface area contributed by atoms with E-state index in [1.807, 2.05) is 0 Å². The molecule has 0 aromatic heterocycles. The van der Waals surface area contributed by atoms with Crippen molar-refractivity contribution >= 4 is 25.6 Å². The number of benzene rings is 2. The Bertz CT molecular complexity index is 585. The molecule has 2 heteroatoms. The normalized spacial score (nSPS) is 28.5. The van der Waals surface area contributed by atoms with Crippen molar-refractivity contribution in [2.75, 3.05) is 0 Å². The third-order valence-corrected chi connectivity index (χ3v) is 25.1. The van der Waals surface area contributed by atoms with Crippen LogP contribution in [0.25, 0.3) is 0 Å². The Kier molecular flexibility index (Phi) is 4.17. The molecule has 2 aromatic carbocycles. The van der Waals surface area contributed by atoms with Gasteiger partial charge in [-0.2, -0.15) is 0 Å². The third kappa shape index (κ3) is 2.52. The average molecular weight is 325 g/mol. The van der Waals surface area contributed by atoms with Crippen molar-refractivity contribution in [3.05, 3.63) is 59.7 Å². The van der Waals surface area contributed by atoms with Gasteiger partial charge in [-0.1, -0.05) is 108 Å². The maximum Gasteiger partial charge on any atom is 0.0824 e. The molecule has 1 aliphatic heterocycles. The highest BCUT2D eigenvalue weighted by molar-refractivity contribution is 7.50. The van der Waals surface area contributed by atoms with E-state index in [1.54, 1.807) is 10.4 Å². The molecular weight excluding hydrogens is 296 g/mol. The molecule has 1 heterocycles. The fourth-order valence-electron chi connectivity index (χ4n) is 4.28. The fourth-order valence-corrected chi connectivity index (χ4v) is 20.1. The molecular formula is C20H28Si2. The number of hydrogen-bond acceptors (Lipinski definition) is 0. The Morgan fingerprint density at radius 3 is 1.23 bits per heavy atom. The first-order valence-corrected chi connectivity index (χ1v) is 15.0. The van der Waals surface area contributed by atoms with E-state index in [2.05, 4.69) is 75.5 Å². The predicted octanol–water partition coefficient (Wildman–Crippen LogP) is 4.45. The molecule has 1 fully saturated rings. The first-order chi connectivity index (χ1) is 10.5. The lowest BCUT2D eigenvalue weighted by Crippen LogP contribution is -2.73. The van der Waals surface area contributed by atoms with Crippen molar-refractivity contribution in [1.29, 1.82) is 0 Å². The van der Waals surface area contributed by atoms with Crippen LogP contribution in [0.4, 0.5) is 0 Å².